The third-order valence-electron chi connectivity index (χ3n) is 28.5. The van der Waals surface area contributed by atoms with Crippen LogP contribution in [0.15, 0.2) is 491 Å². The molecule has 0 saturated heterocycles. The van der Waals surface area contributed by atoms with Crippen molar-refractivity contribution in [2.24, 2.45) is 0 Å². The van der Waals surface area contributed by atoms with E-state index in [2.05, 4.69) is 387 Å². The van der Waals surface area contributed by atoms with E-state index in [0.717, 1.165) is 162 Å². The van der Waals surface area contributed by atoms with E-state index in [4.69, 9.17) is 47.6 Å². The first kappa shape index (κ1) is 82.7. The molecule has 0 saturated carbocycles. The SMILES string of the molecule is CC1(C)c2ccccc2-c2c(-c3cc(-c4cc5ccccc5o4)nc(-c4ccc5c(c4)oc4ccccc45)n3)cccc21.c1ccc(-c2cc(-c3cc4ccccc4o3)nc(-c3ccccc3-n3c4ccccc4c4ccccc43)n2)cc1.c1ccc(C2(c3ccccc3)c3ccccc3-c3c(-c4cc(-c5cc6ccccc6o5)nc(-c5ccccc5-n5c6ccccc6c6ccccc65)n4)cccc32)cc1. The van der Waals surface area contributed by atoms with Crippen molar-refractivity contribution in [3.63, 3.8) is 0 Å². The Morgan fingerprint density at radius 2 is 0.542 bits per heavy atom. The number of hydrogen-bond acceptors (Lipinski definition) is 10. The van der Waals surface area contributed by atoms with Crippen molar-refractivity contribution in [2.45, 2.75) is 24.7 Å². The second-order valence-corrected chi connectivity index (χ2v) is 36.9. The van der Waals surface area contributed by atoms with E-state index in [1.807, 2.05) is 109 Å². The van der Waals surface area contributed by atoms with Crippen LogP contribution in [-0.2, 0) is 10.8 Å². The molecule has 0 bridgehead atoms. The van der Waals surface area contributed by atoms with E-state index in [0.29, 0.717) is 29.0 Å². The van der Waals surface area contributed by atoms with Crippen molar-refractivity contribution in [2.75, 3.05) is 0 Å². The van der Waals surface area contributed by atoms with E-state index in [-0.39, 0.29) is 5.41 Å². The van der Waals surface area contributed by atoms with Gasteiger partial charge in [0.05, 0.1) is 55.9 Å². The molecular formula is C130H84N8O4. The van der Waals surface area contributed by atoms with Gasteiger partial charge in [0.1, 0.15) is 45.0 Å². The third kappa shape index (κ3) is 13.7. The van der Waals surface area contributed by atoms with E-state index in [1.165, 1.54) is 77.2 Å². The lowest BCUT2D eigenvalue weighted by molar-refractivity contribution is 0.628. The van der Waals surface area contributed by atoms with Gasteiger partial charge in [-0.15, -0.1) is 0 Å². The van der Waals surface area contributed by atoms with Crippen molar-refractivity contribution >= 4 is 98.5 Å². The average Bonchev–Trinajstić information content (AvgIpc) is 1.53. The normalized spacial score (nSPS) is 12.7. The summed E-state index contributed by atoms with van der Waals surface area (Å²) in [5.41, 5.74) is 33.2. The number of nitrogens with zero attached hydrogens (tertiary/aromatic N) is 8. The molecule has 668 valence electrons. The van der Waals surface area contributed by atoms with E-state index in [9.17, 15) is 0 Å². The molecule has 9 heterocycles. The summed E-state index contributed by atoms with van der Waals surface area (Å²) < 4.78 is 30.0. The van der Waals surface area contributed by atoms with Gasteiger partial charge < -0.3 is 26.8 Å². The Hall–Kier alpha value is -18.8. The molecule has 0 unspecified atom stereocenters. The molecule has 0 amide bonds. The first-order valence-electron chi connectivity index (χ1n) is 48.0. The van der Waals surface area contributed by atoms with Crippen LogP contribution in [-0.4, -0.2) is 39.0 Å². The number of aromatic nitrogens is 8. The van der Waals surface area contributed by atoms with Gasteiger partial charge in [-0.1, -0.05) is 366 Å². The van der Waals surface area contributed by atoms with Crippen LogP contribution in [0, 0.1) is 0 Å². The molecule has 0 fully saturated rings. The molecule has 9 aromatic heterocycles. The zero-order chi connectivity index (χ0) is 94.1. The smallest absolute Gasteiger partial charge is 0.162 e. The Bertz CT molecular complexity index is 9450. The summed E-state index contributed by atoms with van der Waals surface area (Å²) in [7, 11) is 0. The Labute approximate surface area is 816 Å². The molecule has 18 aromatic carbocycles. The molecule has 142 heavy (non-hydrogen) atoms. The topological polar surface area (TPSA) is 140 Å². The molecule has 12 heteroatoms. The van der Waals surface area contributed by atoms with E-state index >= 15 is 0 Å². The number of fused-ring (bicyclic) bond motifs is 18. The lowest BCUT2D eigenvalue weighted by atomic mass is 9.67. The molecule has 0 spiro atoms. The van der Waals surface area contributed by atoms with Gasteiger partial charge in [0.25, 0.3) is 0 Å². The maximum Gasteiger partial charge on any atom is 0.162 e. The maximum atomic E-state index is 6.56. The Morgan fingerprint density at radius 1 is 0.204 bits per heavy atom. The van der Waals surface area contributed by atoms with Gasteiger partial charge in [0.15, 0.2) is 34.8 Å². The van der Waals surface area contributed by atoms with Crippen molar-refractivity contribution in [1.29, 1.82) is 0 Å². The summed E-state index contributed by atoms with van der Waals surface area (Å²) in [4.78, 5) is 31.4. The van der Waals surface area contributed by atoms with Crippen molar-refractivity contribution in [3.05, 3.63) is 507 Å². The molecular weight excluding hydrogens is 1740 g/mol. The van der Waals surface area contributed by atoms with Crippen molar-refractivity contribution in [1.82, 2.24) is 39.0 Å². The molecule has 27 aromatic rings. The average molecular weight is 1820 g/mol. The maximum absolute atomic E-state index is 6.56. The second-order valence-electron chi connectivity index (χ2n) is 36.9. The van der Waals surface area contributed by atoms with Crippen LogP contribution in [0.3, 0.4) is 0 Å². The molecule has 0 aliphatic heterocycles. The largest absolute Gasteiger partial charge is 0.456 e. The molecule has 0 N–H and O–H groups in total. The molecule has 0 atom stereocenters. The fourth-order valence-electron chi connectivity index (χ4n) is 22.1. The van der Waals surface area contributed by atoms with Gasteiger partial charge in [-0.3, -0.25) is 0 Å². The Balaban J connectivity index is 0.000000109. The fourth-order valence-corrected chi connectivity index (χ4v) is 22.1. The summed E-state index contributed by atoms with van der Waals surface area (Å²) in [6.45, 7) is 4.60. The summed E-state index contributed by atoms with van der Waals surface area (Å²) in [5.74, 6) is 4.02. The van der Waals surface area contributed by atoms with Crippen LogP contribution in [0.25, 0.3) is 234 Å². The van der Waals surface area contributed by atoms with Gasteiger partial charge >= 0.3 is 0 Å². The summed E-state index contributed by atoms with van der Waals surface area (Å²) in [6, 6.07) is 165. The van der Waals surface area contributed by atoms with Gasteiger partial charge in [-0.25, -0.2) is 29.9 Å². The fraction of sp³-hybridized carbons (Fsp3) is 0.0308. The number of benzene rings is 18. The second kappa shape index (κ2) is 33.6. The highest BCUT2D eigenvalue weighted by atomic mass is 16.3. The predicted octanol–water partition coefficient (Wildman–Crippen LogP) is 33.4. The number of hydrogen-bond donors (Lipinski definition) is 0. The molecule has 29 rings (SSSR count). The lowest BCUT2D eigenvalue weighted by Gasteiger charge is -2.33. The minimum atomic E-state index is -0.537. The van der Waals surface area contributed by atoms with Gasteiger partial charge in [-0.05, 0) is 177 Å². The minimum Gasteiger partial charge on any atom is -0.456 e. The number of para-hydroxylation sites is 10. The standard InChI is InChI=1S/C55H35N3O.C39H26N2O2.C36H23N3O/c1-3-19-37(20-4-1)55(38-21-5-2-6-22-38)44-28-12-8-25-41(44)53-42(27-17-29-45(53)55)46-35-47(52-34-36-18-7-16-33-51(36)59-52)57-54(56-46)43-26-11-15-32-50(43)58-48-30-13-9-23-39(48)40-24-10-14-31-49(40)58;1-39(2)29-14-6-4-12-27(29)37-28(13-9-15-30(37)39)31-22-32(36-20-23-10-3-7-16-33(23)42-36)41-38(40-31)24-18-19-26-25-11-5-8-17-34(25)43-35(26)21-24;1-2-12-24(13-3-1)29-23-30(35-22-25-14-4-11-21-34(25)40-35)38-36(37-29)28-17-7-10-20-33(28)39-31-18-8-5-15-26(31)27-16-6-9-19-32(27)39/h1-35H;3-22H,1-2H3;1-23H. The van der Waals surface area contributed by atoms with Crippen LogP contribution >= 0.6 is 0 Å². The van der Waals surface area contributed by atoms with E-state index < -0.39 is 5.41 Å². The first-order chi connectivity index (χ1) is 70.1. The molecule has 2 aliphatic rings. The van der Waals surface area contributed by atoms with Crippen LogP contribution in [0.5, 0.6) is 0 Å². The Kier molecular flexibility index (Phi) is 19.6. The first-order valence-corrected chi connectivity index (χ1v) is 48.0. The minimum absolute atomic E-state index is 0.105. The van der Waals surface area contributed by atoms with Gasteiger partial charge in [0.2, 0.25) is 0 Å². The van der Waals surface area contributed by atoms with Crippen molar-refractivity contribution < 1.29 is 17.7 Å². The van der Waals surface area contributed by atoms with Crippen LogP contribution in [0.4, 0.5) is 0 Å². The number of furan rings is 4. The summed E-state index contributed by atoms with van der Waals surface area (Å²) >= 11 is 0. The van der Waals surface area contributed by atoms with Gasteiger partial charge in [0, 0.05) is 87.3 Å². The highest BCUT2D eigenvalue weighted by molar-refractivity contribution is 6.12. The lowest BCUT2D eigenvalue weighted by Crippen LogP contribution is -2.28. The highest BCUT2D eigenvalue weighted by Gasteiger charge is 2.47. The third-order valence-corrected chi connectivity index (χ3v) is 28.5. The predicted molar refractivity (Wildman–Crippen MR) is 575 cm³/mol. The van der Waals surface area contributed by atoms with Crippen LogP contribution in [0.1, 0.15) is 47.2 Å². The van der Waals surface area contributed by atoms with Crippen LogP contribution < -0.4 is 0 Å². The van der Waals surface area contributed by atoms with Gasteiger partial charge in [-0.2, -0.15) is 0 Å². The molecule has 2 aliphatic carbocycles. The highest BCUT2D eigenvalue weighted by Crippen LogP contribution is 2.59. The zero-order valence-corrected chi connectivity index (χ0v) is 77.2. The Morgan fingerprint density at radius 3 is 1.04 bits per heavy atom. The van der Waals surface area contributed by atoms with Crippen molar-refractivity contribution in [3.8, 4) is 136 Å². The summed E-state index contributed by atoms with van der Waals surface area (Å²) in [6.07, 6.45) is 0. The van der Waals surface area contributed by atoms with Crippen LogP contribution in [0.2, 0.25) is 0 Å². The molecule has 0 radical (unpaired) electrons. The summed E-state index contributed by atoms with van der Waals surface area (Å²) in [5, 5.41) is 10.1. The zero-order valence-electron chi connectivity index (χ0n) is 77.2. The van der Waals surface area contributed by atoms with E-state index in [1.54, 1.807) is 0 Å². The quantitative estimate of drug-likeness (QED) is 0.110. The monoisotopic (exact) mass is 1820 g/mol. The molecule has 12 nitrogen and oxygen atoms in total. The number of rotatable bonds is 13.